The molecule has 0 aliphatic rings. The minimum absolute atomic E-state index is 0.176. The van der Waals surface area contributed by atoms with E-state index in [-0.39, 0.29) is 11.3 Å². The molecule has 2 N–H and O–H groups in total. The fourth-order valence-corrected chi connectivity index (χ4v) is 1.59. The van der Waals surface area contributed by atoms with Gasteiger partial charge in [0.15, 0.2) is 0 Å². The second-order valence-electron chi connectivity index (χ2n) is 4.02. The summed E-state index contributed by atoms with van der Waals surface area (Å²) >= 11 is 0. The van der Waals surface area contributed by atoms with Gasteiger partial charge in [0.2, 0.25) is 0 Å². The SMILES string of the molecule is Nc1ccc(F)c(C(=O)OCc2c(F)cccc2F)c1. The summed E-state index contributed by atoms with van der Waals surface area (Å²) < 4.78 is 44.7. The first-order valence-electron chi connectivity index (χ1n) is 5.64. The minimum atomic E-state index is -1.04. The first kappa shape index (κ1) is 13.9. The number of halogens is 3. The molecular formula is C14H10F3NO2. The van der Waals surface area contributed by atoms with Gasteiger partial charge in [0.25, 0.3) is 0 Å². The van der Waals surface area contributed by atoms with Gasteiger partial charge in [-0.1, -0.05) is 6.07 Å². The van der Waals surface area contributed by atoms with Crippen molar-refractivity contribution in [2.75, 3.05) is 5.73 Å². The molecule has 20 heavy (non-hydrogen) atoms. The second-order valence-corrected chi connectivity index (χ2v) is 4.02. The van der Waals surface area contributed by atoms with Crippen molar-refractivity contribution < 1.29 is 22.7 Å². The number of rotatable bonds is 3. The van der Waals surface area contributed by atoms with Crippen LogP contribution in [0.2, 0.25) is 0 Å². The molecule has 6 heteroatoms. The third kappa shape index (κ3) is 2.90. The first-order valence-corrected chi connectivity index (χ1v) is 5.64. The van der Waals surface area contributed by atoms with Crippen molar-refractivity contribution in [2.24, 2.45) is 0 Å². The van der Waals surface area contributed by atoms with Crippen molar-refractivity contribution in [1.82, 2.24) is 0 Å². The van der Waals surface area contributed by atoms with E-state index in [0.717, 1.165) is 24.3 Å². The van der Waals surface area contributed by atoms with Crippen LogP contribution in [0.15, 0.2) is 36.4 Å². The molecule has 0 fully saturated rings. The van der Waals surface area contributed by atoms with Crippen LogP contribution in [-0.2, 0) is 11.3 Å². The number of nitrogens with two attached hydrogens (primary N) is 1. The lowest BCUT2D eigenvalue weighted by atomic mass is 10.2. The van der Waals surface area contributed by atoms with Crippen LogP contribution in [0.1, 0.15) is 15.9 Å². The monoisotopic (exact) mass is 281 g/mol. The molecule has 0 aliphatic carbocycles. The van der Waals surface area contributed by atoms with E-state index in [1.165, 1.54) is 12.1 Å². The Balaban J connectivity index is 2.15. The lowest BCUT2D eigenvalue weighted by Gasteiger charge is -2.08. The van der Waals surface area contributed by atoms with Crippen LogP contribution in [-0.4, -0.2) is 5.97 Å². The summed E-state index contributed by atoms with van der Waals surface area (Å²) in [6, 6.07) is 6.64. The Morgan fingerprint density at radius 2 is 1.70 bits per heavy atom. The number of hydrogen-bond donors (Lipinski definition) is 1. The highest BCUT2D eigenvalue weighted by atomic mass is 19.1. The van der Waals surface area contributed by atoms with E-state index in [9.17, 15) is 18.0 Å². The Bertz CT molecular complexity index is 639. The van der Waals surface area contributed by atoms with E-state index in [4.69, 9.17) is 10.5 Å². The van der Waals surface area contributed by atoms with Crippen LogP contribution in [0.4, 0.5) is 18.9 Å². The molecule has 0 amide bonds. The first-order chi connectivity index (χ1) is 9.49. The maximum absolute atomic E-state index is 13.4. The summed E-state index contributed by atoms with van der Waals surface area (Å²) in [7, 11) is 0. The summed E-state index contributed by atoms with van der Waals surface area (Å²) in [5, 5.41) is 0. The molecular weight excluding hydrogens is 271 g/mol. The smallest absolute Gasteiger partial charge is 0.341 e. The van der Waals surface area contributed by atoms with Crippen LogP contribution in [0, 0.1) is 17.5 Å². The number of benzene rings is 2. The number of ether oxygens (including phenoxy) is 1. The zero-order chi connectivity index (χ0) is 14.7. The lowest BCUT2D eigenvalue weighted by Crippen LogP contribution is -2.10. The van der Waals surface area contributed by atoms with Crippen molar-refractivity contribution in [3.63, 3.8) is 0 Å². The number of carbonyl (C=O) groups is 1. The van der Waals surface area contributed by atoms with Crippen LogP contribution in [0.5, 0.6) is 0 Å². The molecule has 0 heterocycles. The predicted molar refractivity (Wildman–Crippen MR) is 66.3 cm³/mol. The average molecular weight is 281 g/mol. The summed E-state index contributed by atoms with van der Waals surface area (Å²) in [5.41, 5.74) is 4.82. The molecule has 104 valence electrons. The lowest BCUT2D eigenvalue weighted by molar-refractivity contribution is 0.0459. The van der Waals surface area contributed by atoms with Gasteiger partial charge in [-0.05, 0) is 30.3 Å². The summed E-state index contributed by atoms with van der Waals surface area (Å²) in [5.74, 6) is -3.55. The quantitative estimate of drug-likeness (QED) is 0.695. The van der Waals surface area contributed by atoms with E-state index in [1.807, 2.05) is 0 Å². The summed E-state index contributed by atoms with van der Waals surface area (Å²) in [6.07, 6.45) is 0. The molecule has 0 radical (unpaired) electrons. The molecule has 0 saturated carbocycles. The maximum atomic E-state index is 13.4. The van der Waals surface area contributed by atoms with E-state index >= 15 is 0 Å². The van der Waals surface area contributed by atoms with Gasteiger partial charge < -0.3 is 10.5 Å². The minimum Gasteiger partial charge on any atom is -0.457 e. The highest BCUT2D eigenvalue weighted by Gasteiger charge is 2.16. The Kier molecular flexibility index (Phi) is 3.93. The van der Waals surface area contributed by atoms with Gasteiger partial charge in [-0.25, -0.2) is 18.0 Å². The number of nitrogen functional groups attached to an aromatic ring is 1. The fourth-order valence-electron chi connectivity index (χ4n) is 1.59. The van der Waals surface area contributed by atoms with Crippen molar-refractivity contribution in [1.29, 1.82) is 0 Å². The Morgan fingerprint density at radius 1 is 1.05 bits per heavy atom. The largest absolute Gasteiger partial charge is 0.457 e. The average Bonchev–Trinajstić information content (AvgIpc) is 2.40. The van der Waals surface area contributed by atoms with E-state index in [2.05, 4.69) is 0 Å². The standard InChI is InChI=1S/C14H10F3NO2/c15-11-2-1-3-12(16)10(11)7-20-14(19)9-6-8(18)4-5-13(9)17/h1-6H,7,18H2. The Morgan fingerprint density at radius 3 is 2.35 bits per heavy atom. The fraction of sp³-hybridized carbons (Fsp3) is 0.0714. The molecule has 0 aliphatic heterocycles. The van der Waals surface area contributed by atoms with Gasteiger partial charge in [-0.2, -0.15) is 0 Å². The van der Waals surface area contributed by atoms with Crippen LogP contribution in [0.25, 0.3) is 0 Å². The molecule has 0 spiro atoms. The number of anilines is 1. The predicted octanol–water partition coefficient (Wildman–Crippen LogP) is 3.04. The van der Waals surface area contributed by atoms with Gasteiger partial charge in [0, 0.05) is 5.69 Å². The molecule has 3 nitrogen and oxygen atoms in total. The van der Waals surface area contributed by atoms with Gasteiger partial charge in [0.05, 0.1) is 11.1 Å². The van der Waals surface area contributed by atoms with E-state index in [1.54, 1.807) is 0 Å². The molecule has 0 unspecified atom stereocenters. The van der Waals surface area contributed by atoms with E-state index < -0.39 is 35.6 Å². The third-order valence-corrected chi connectivity index (χ3v) is 2.62. The van der Waals surface area contributed by atoms with Crippen molar-refractivity contribution >= 4 is 11.7 Å². The molecule has 0 aromatic heterocycles. The molecule has 0 atom stereocenters. The highest BCUT2D eigenvalue weighted by molar-refractivity contribution is 5.90. The summed E-state index contributed by atoms with van der Waals surface area (Å²) in [6.45, 7) is -0.633. The van der Waals surface area contributed by atoms with Gasteiger partial charge in [-0.15, -0.1) is 0 Å². The topological polar surface area (TPSA) is 52.3 Å². The van der Waals surface area contributed by atoms with Gasteiger partial charge in [-0.3, -0.25) is 0 Å². The molecule has 2 rings (SSSR count). The normalized spacial score (nSPS) is 10.3. The zero-order valence-electron chi connectivity index (χ0n) is 10.2. The number of esters is 1. The van der Waals surface area contributed by atoms with Crippen molar-refractivity contribution in [3.8, 4) is 0 Å². The highest BCUT2D eigenvalue weighted by Crippen LogP contribution is 2.17. The molecule has 0 saturated heterocycles. The maximum Gasteiger partial charge on any atom is 0.341 e. The van der Waals surface area contributed by atoms with Crippen molar-refractivity contribution in [2.45, 2.75) is 6.61 Å². The van der Waals surface area contributed by atoms with Crippen molar-refractivity contribution in [3.05, 3.63) is 65.0 Å². The van der Waals surface area contributed by atoms with Crippen LogP contribution >= 0.6 is 0 Å². The Labute approximate surface area is 112 Å². The molecule has 2 aromatic rings. The van der Waals surface area contributed by atoms with E-state index in [0.29, 0.717) is 0 Å². The zero-order valence-corrected chi connectivity index (χ0v) is 10.2. The third-order valence-electron chi connectivity index (χ3n) is 2.62. The van der Waals surface area contributed by atoms with Crippen LogP contribution in [0.3, 0.4) is 0 Å². The Hall–Kier alpha value is -2.50. The van der Waals surface area contributed by atoms with Crippen LogP contribution < -0.4 is 5.73 Å². The molecule has 0 bridgehead atoms. The number of carbonyl (C=O) groups excluding carboxylic acids is 1. The second kappa shape index (κ2) is 5.64. The van der Waals surface area contributed by atoms with Gasteiger partial charge >= 0.3 is 5.97 Å². The summed E-state index contributed by atoms with van der Waals surface area (Å²) in [4.78, 5) is 11.7. The molecule has 2 aromatic carbocycles. The van der Waals surface area contributed by atoms with Gasteiger partial charge in [0.1, 0.15) is 24.1 Å². The number of hydrogen-bond acceptors (Lipinski definition) is 3.